The second-order valence-electron chi connectivity index (χ2n) is 4.37. The highest BCUT2D eigenvalue weighted by Crippen LogP contribution is 2.31. The standard InChI is InChI=1S/C15H14BrN3/c1-3-13-9(2)14(12(8-17)15(18)19-13)10-5-4-6-11(16)7-10/h4-7H,3H2,1-2H3,(H2,18,19)/p+1. The van der Waals surface area contributed by atoms with Crippen molar-refractivity contribution in [2.45, 2.75) is 20.3 Å². The zero-order valence-electron chi connectivity index (χ0n) is 10.9. The average molecular weight is 317 g/mol. The molecule has 96 valence electrons. The Hall–Kier alpha value is -1.86. The monoisotopic (exact) mass is 316 g/mol. The molecule has 3 nitrogen and oxygen atoms in total. The third kappa shape index (κ3) is 2.47. The van der Waals surface area contributed by atoms with Crippen LogP contribution in [-0.4, -0.2) is 0 Å². The number of hydrogen-bond donors (Lipinski definition) is 1. The van der Waals surface area contributed by atoms with Gasteiger partial charge < -0.3 is 0 Å². The predicted octanol–water partition coefficient (Wildman–Crippen LogP) is 3.25. The van der Waals surface area contributed by atoms with Crippen LogP contribution in [0.2, 0.25) is 0 Å². The van der Waals surface area contributed by atoms with Crippen molar-refractivity contribution in [2.24, 2.45) is 0 Å². The molecule has 1 aromatic heterocycles. The number of nitriles is 1. The SMILES string of the molecule is CCc1[nH+]c(N)c(C#N)c(-c2cccc(Br)c2)c1C. The van der Waals surface area contributed by atoms with Gasteiger partial charge in [-0.25, -0.2) is 4.98 Å². The summed E-state index contributed by atoms with van der Waals surface area (Å²) in [6, 6.07) is 10.1. The Labute approximate surface area is 121 Å². The van der Waals surface area contributed by atoms with Gasteiger partial charge in [-0.15, -0.1) is 0 Å². The lowest BCUT2D eigenvalue weighted by molar-refractivity contribution is -0.373. The molecule has 0 saturated carbocycles. The molecule has 3 N–H and O–H groups in total. The molecule has 0 unspecified atom stereocenters. The number of halogens is 1. The van der Waals surface area contributed by atoms with Crippen molar-refractivity contribution in [2.75, 3.05) is 5.73 Å². The molecule has 0 aliphatic heterocycles. The topological polar surface area (TPSA) is 63.9 Å². The summed E-state index contributed by atoms with van der Waals surface area (Å²) in [6.45, 7) is 4.08. The minimum atomic E-state index is 0.430. The first kappa shape index (κ1) is 13.6. The summed E-state index contributed by atoms with van der Waals surface area (Å²) in [4.78, 5) is 3.11. The van der Waals surface area contributed by atoms with Gasteiger partial charge in [-0.1, -0.05) is 35.0 Å². The predicted molar refractivity (Wildman–Crippen MR) is 79.4 cm³/mol. The van der Waals surface area contributed by atoms with E-state index in [1.807, 2.05) is 31.2 Å². The van der Waals surface area contributed by atoms with Crippen LogP contribution in [0.1, 0.15) is 23.7 Å². The Balaban J connectivity index is 2.81. The number of nitrogens with one attached hydrogen (secondary N) is 1. The molecule has 2 rings (SSSR count). The van der Waals surface area contributed by atoms with Crippen molar-refractivity contribution in [3.8, 4) is 17.2 Å². The van der Waals surface area contributed by atoms with Gasteiger partial charge in [0.1, 0.15) is 17.3 Å². The molecule has 1 heterocycles. The number of benzene rings is 1. The molecule has 0 fully saturated rings. The normalized spacial score (nSPS) is 10.2. The van der Waals surface area contributed by atoms with Crippen LogP contribution in [0.4, 0.5) is 5.82 Å². The summed E-state index contributed by atoms with van der Waals surface area (Å²) >= 11 is 3.46. The maximum atomic E-state index is 9.36. The zero-order valence-corrected chi connectivity index (χ0v) is 12.5. The van der Waals surface area contributed by atoms with Crippen LogP contribution < -0.4 is 10.7 Å². The molecular weight excluding hydrogens is 302 g/mol. The lowest BCUT2D eigenvalue weighted by Crippen LogP contribution is -2.20. The molecule has 2 aromatic rings. The highest BCUT2D eigenvalue weighted by molar-refractivity contribution is 9.10. The maximum absolute atomic E-state index is 9.36. The fourth-order valence-electron chi connectivity index (χ4n) is 2.27. The lowest BCUT2D eigenvalue weighted by atomic mass is 9.94. The summed E-state index contributed by atoms with van der Waals surface area (Å²) in [5.74, 6) is 0.430. The minimum Gasteiger partial charge on any atom is -0.286 e. The Kier molecular flexibility index (Phi) is 3.87. The van der Waals surface area contributed by atoms with Gasteiger partial charge in [0.15, 0.2) is 0 Å². The van der Waals surface area contributed by atoms with Crippen molar-refractivity contribution in [1.82, 2.24) is 0 Å². The third-order valence-electron chi connectivity index (χ3n) is 3.21. The van der Waals surface area contributed by atoms with Gasteiger partial charge in [0, 0.05) is 22.0 Å². The minimum absolute atomic E-state index is 0.430. The van der Waals surface area contributed by atoms with Crippen LogP contribution in [0, 0.1) is 18.3 Å². The van der Waals surface area contributed by atoms with E-state index in [1.54, 1.807) is 0 Å². The summed E-state index contributed by atoms with van der Waals surface area (Å²) in [5, 5.41) is 9.36. The van der Waals surface area contributed by atoms with Crippen LogP contribution in [0.15, 0.2) is 28.7 Å². The van der Waals surface area contributed by atoms with Crippen LogP contribution in [0.3, 0.4) is 0 Å². The number of H-pyrrole nitrogens is 1. The summed E-state index contributed by atoms with van der Waals surface area (Å²) in [5.41, 5.74) is 10.5. The van der Waals surface area contributed by atoms with Gasteiger partial charge in [-0.2, -0.15) is 5.26 Å². The fraction of sp³-hybridized carbons (Fsp3) is 0.200. The zero-order chi connectivity index (χ0) is 14.0. The Morgan fingerprint density at radius 3 is 2.74 bits per heavy atom. The van der Waals surface area contributed by atoms with Gasteiger partial charge in [0.05, 0.1) is 0 Å². The van der Waals surface area contributed by atoms with E-state index in [4.69, 9.17) is 5.73 Å². The van der Waals surface area contributed by atoms with Crippen molar-refractivity contribution >= 4 is 21.7 Å². The Morgan fingerprint density at radius 1 is 1.42 bits per heavy atom. The van der Waals surface area contributed by atoms with Crippen molar-refractivity contribution in [1.29, 1.82) is 5.26 Å². The summed E-state index contributed by atoms with van der Waals surface area (Å²) in [6.07, 6.45) is 0.850. The van der Waals surface area contributed by atoms with Gasteiger partial charge >= 0.3 is 0 Å². The highest BCUT2D eigenvalue weighted by atomic mass is 79.9. The smallest absolute Gasteiger partial charge is 0.286 e. The molecule has 19 heavy (non-hydrogen) atoms. The molecule has 0 spiro atoms. The second-order valence-corrected chi connectivity index (χ2v) is 5.28. The number of aromatic nitrogens is 1. The number of nitrogens with two attached hydrogens (primary N) is 1. The maximum Gasteiger partial charge on any atom is 0.289 e. The number of anilines is 1. The van der Waals surface area contributed by atoms with E-state index in [-0.39, 0.29) is 0 Å². The van der Waals surface area contributed by atoms with Gasteiger partial charge in [-0.3, -0.25) is 5.73 Å². The van der Waals surface area contributed by atoms with Gasteiger partial charge in [0.25, 0.3) is 5.82 Å². The van der Waals surface area contributed by atoms with E-state index >= 15 is 0 Å². The summed E-state index contributed by atoms with van der Waals surface area (Å²) in [7, 11) is 0. The Morgan fingerprint density at radius 2 is 2.16 bits per heavy atom. The number of nitrogen functional groups attached to an aromatic ring is 1. The molecule has 0 aliphatic carbocycles. The lowest BCUT2D eigenvalue weighted by Gasteiger charge is -2.11. The number of pyridine rings is 1. The first-order valence-electron chi connectivity index (χ1n) is 6.08. The Bertz CT molecular complexity index is 671. The number of aromatic amines is 1. The molecule has 0 aliphatic rings. The van der Waals surface area contributed by atoms with E-state index in [9.17, 15) is 5.26 Å². The van der Waals surface area contributed by atoms with Crippen LogP contribution in [0.25, 0.3) is 11.1 Å². The first-order valence-corrected chi connectivity index (χ1v) is 6.88. The number of hydrogen-bond acceptors (Lipinski definition) is 2. The number of rotatable bonds is 2. The number of aryl methyl sites for hydroxylation is 1. The fourth-order valence-corrected chi connectivity index (χ4v) is 2.67. The van der Waals surface area contributed by atoms with Crippen molar-refractivity contribution in [3.05, 3.63) is 45.6 Å². The highest BCUT2D eigenvalue weighted by Gasteiger charge is 2.19. The first-order chi connectivity index (χ1) is 9.08. The van der Waals surface area contributed by atoms with Crippen molar-refractivity contribution in [3.63, 3.8) is 0 Å². The summed E-state index contributed by atoms with van der Waals surface area (Å²) < 4.78 is 0.984. The van der Waals surface area contributed by atoms with Gasteiger partial charge in [0.2, 0.25) is 0 Å². The van der Waals surface area contributed by atoms with Crippen molar-refractivity contribution < 1.29 is 4.98 Å². The van der Waals surface area contributed by atoms with E-state index < -0.39 is 0 Å². The largest absolute Gasteiger partial charge is 0.289 e. The molecule has 0 amide bonds. The van der Waals surface area contributed by atoms with E-state index in [0.29, 0.717) is 11.4 Å². The molecule has 1 aromatic carbocycles. The quantitative estimate of drug-likeness (QED) is 0.924. The molecule has 0 saturated heterocycles. The van der Waals surface area contributed by atoms with E-state index in [1.165, 1.54) is 0 Å². The second kappa shape index (κ2) is 5.41. The molecule has 0 radical (unpaired) electrons. The van der Waals surface area contributed by atoms with Crippen LogP contribution in [-0.2, 0) is 6.42 Å². The number of nitrogens with zero attached hydrogens (tertiary/aromatic N) is 1. The molecule has 4 heteroatoms. The molecule has 0 bridgehead atoms. The van der Waals surface area contributed by atoms with E-state index in [2.05, 4.69) is 33.9 Å². The van der Waals surface area contributed by atoms with Gasteiger partial charge in [-0.05, 0) is 24.6 Å². The van der Waals surface area contributed by atoms with E-state index in [0.717, 1.165) is 33.3 Å². The van der Waals surface area contributed by atoms with Crippen LogP contribution in [0.5, 0.6) is 0 Å². The third-order valence-corrected chi connectivity index (χ3v) is 3.70. The van der Waals surface area contributed by atoms with Crippen LogP contribution >= 0.6 is 15.9 Å². The molecule has 0 atom stereocenters. The molecular formula is C15H15BrN3+. The average Bonchev–Trinajstić information content (AvgIpc) is 2.40.